The molecule has 0 spiro atoms. The number of rotatable bonds is 1. The van der Waals surface area contributed by atoms with Crippen LogP contribution in [0.5, 0.6) is 0 Å². The van der Waals surface area contributed by atoms with Gasteiger partial charge in [-0.05, 0) is 12.2 Å². The summed E-state index contributed by atoms with van der Waals surface area (Å²) < 4.78 is 4.62. The highest BCUT2D eigenvalue weighted by molar-refractivity contribution is 7.09. The smallest absolute Gasteiger partial charge is 0.186 e. The second kappa shape index (κ2) is 4.85. The molecule has 1 aromatic carbocycles. The summed E-state index contributed by atoms with van der Waals surface area (Å²) in [6, 6.07) is 7.32. The van der Waals surface area contributed by atoms with Crippen molar-refractivity contribution in [3.05, 3.63) is 47.5 Å². The molecular weight excluding hydrogens is 209 g/mol. The predicted molar refractivity (Wildman–Crippen MR) is 64.0 cm³/mol. The normalized spacial score (nSPS) is 15.8. The molecule has 1 aromatic rings. The Labute approximate surface area is 91.1 Å². The van der Waals surface area contributed by atoms with Crippen LogP contribution in [0.2, 0.25) is 0 Å². The maximum Gasteiger partial charge on any atom is 0.186 e. The molecule has 0 radical (unpaired) electrons. The fourth-order valence-electron chi connectivity index (χ4n) is 1.39. The Bertz CT molecular complexity index is 438. The van der Waals surface area contributed by atoms with Crippen LogP contribution in [0.1, 0.15) is 23.3 Å². The van der Waals surface area contributed by atoms with E-state index in [1.54, 1.807) is 12.1 Å². The van der Waals surface area contributed by atoms with Gasteiger partial charge in [-0.15, -0.1) is 0 Å². The Balaban J connectivity index is 0.00000112. The number of allylic oxidation sites excluding steroid dienone is 2. The van der Waals surface area contributed by atoms with Crippen molar-refractivity contribution in [1.82, 2.24) is 0 Å². The van der Waals surface area contributed by atoms with Gasteiger partial charge in [-0.25, -0.2) is 0 Å². The van der Waals surface area contributed by atoms with Crippen molar-refractivity contribution >= 4 is 21.0 Å². The molecule has 15 heavy (non-hydrogen) atoms. The molecule has 78 valence electrons. The molecule has 0 saturated heterocycles. The summed E-state index contributed by atoms with van der Waals surface area (Å²) in [6.45, 7) is 0. The Morgan fingerprint density at radius 2 is 1.80 bits per heavy atom. The topological polar surface area (TPSA) is 38.7 Å². The zero-order valence-electron chi connectivity index (χ0n) is 7.31. The van der Waals surface area contributed by atoms with Crippen LogP contribution in [0.15, 0.2) is 41.6 Å². The Kier molecular flexibility index (Phi) is 3.75. The number of ketones is 1. The molecule has 3 nitrogen and oxygen atoms in total. The average molecular weight is 221 g/mol. The molecule has 1 atom stereocenters. The lowest BCUT2D eigenvalue weighted by molar-refractivity contribution is 0.104. The number of nitrogens with zero attached hydrogens (tertiary/aromatic N) is 1. The van der Waals surface area contributed by atoms with Crippen molar-refractivity contribution in [1.29, 1.82) is 0 Å². The van der Waals surface area contributed by atoms with Crippen molar-refractivity contribution < 1.29 is 9.42 Å². The summed E-state index contributed by atoms with van der Waals surface area (Å²) in [5, 5.41) is 3.80. The van der Waals surface area contributed by atoms with E-state index < -0.39 is 0 Å². The van der Waals surface area contributed by atoms with E-state index in [2.05, 4.69) is 9.78 Å². The monoisotopic (exact) mass is 221 g/mol. The number of oxime groups is 1. The van der Waals surface area contributed by atoms with Gasteiger partial charge in [0, 0.05) is 11.1 Å². The summed E-state index contributed by atoms with van der Waals surface area (Å²) in [6.07, 6.45) is 3.14. The molecule has 0 N–H and O–H groups in total. The Hall–Kier alpha value is -1.47. The van der Waals surface area contributed by atoms with Gasteiger partial charge < -0.3 is 4.62 Å². The molecule has 0 saturated carbocycles. The lowest BCUT2D eigenvalue weighted by Crippen LogP contribution is -2.11. The molecule has 0 aliphatic heterocycles. The van der Waals surface area contributed by atoms with E-state index in [1.807, 2.05) is 27.7 Å². The van der Waals surface area contributed by atoms with Crippen LogP contribution < -0.4 is 0 Å². The third-order valence-electron chi connectivity index (χ3n) is 2.01. The highest BCUT2D eigenvalue weighted by Crippen LogP contribution is 2.17. The first kappa shape index (κ1) is 11.6. The molecule has 1 aliphatic carbocycles. The summed E-state index contributed by atoms with van der Waals surface area (Å²) in [5.74, 6) is 0.00306. The van der Waals surface area contributed by atoms with Gasteiger partial charge in [-0.3, -0.25) is 4.79 Å². The van der Waals surface area contributed by atoms with Crippen molar-refractivity contribution in [2.24, 2.45) is 5.16 Å². The SMILES string of the molecule is C.O=C1C=C/C(=N\OP)c2ccccc21. The zero-order valence-corrected chi connectivity index (χ0v) is 8.46. The van der Waals surface area contributed by atoms with Gasteiger partial charge >= 0.3 is 0 Å². The van der Waals surface area contributed by atoms with Crippen LogP contribution in [-0.2, 0) is 4.62 Å². The first-order chi connectivity index (χ1) is 6.83. The predicted octanol–water partition coefficient (Wildman–Crippen LogP) is 2.59. The third-order valence-corrected chi connectivity index (χ3v) is 2.12. The number of carbonyl (C=O) groups is 1. The summed E-state index contributed by atoms with van der Waals surface area (Å²) in [5.41, 5.74) is 2.13. The van der Waals surface area contributed by atoms with E-state index in [4.69, 9.17) is 0 Å². The molecule has 1 unspecified atom stereocenters. The fourth-order valence-corrected chi connectivity index (χ4v) is 1.51. The molecule has 0 amide bonds. The zero-order chi connectivity index (χ0) is 9.97. The minimum Gasteiger partial charge on any atom is -0.383 e. The van der Waals surface area contributed by atoms with Crippen molar-refractivity contribution in [3.63, 3.8) is 0 Å². The van der Waals surface area contributed by atoms with E-state index >= 15 is 0 Å². The Morgan fingerprint density at radius 3 is 2.47 bits per heavy atom. The van der Waals surface area contributed by atoms with Crippen molar-refractivity contribution in [2.45, 2.75) is 7.43 Å². The minimum atomic E-state index is 0. The largest absolute Gasteiger partial charge is 0.383 e. The second-order valence-electron chi connectivity index (χ2n) is 2.83. The quantitative estimate of drug-likeness (QED) is 0.540. The Morgan fingerprint density at radius 1 is 1.13 bits per heavy atom. The summed E-state index contributed by atoms with van der Waals surface area (Å²) in [4.78, 5) is 11.4. The third kappa shape index (κ3) is 2.13. The lowest BCUT2D eigenvalue weighted by Gasteiger charge is -2.10. The number of benzene rings is 1. The first-order valence-electron chi connectivity index (χ1n) is 4.08. The van der Waals surface area contributed by atoms with Gasteiger partial charge in [0.05, 0.1) is 9.47 Å². The number of fused-ring (bicyclic) bond motifs is 1. The van der Waals surface area contributed by atoms with Crippen molar-refractivity contribution in [2.75, 3.05) is 0 Å². The molecule has 0 fully saturated rings. The number of carbonyl (C=O) groups excluding carboxylic acids is 1. The molecule has 0 heterocycles. The van der Waals surface area contributed by atoms with Crippen LogP contribution in [0.4, 0.5) is 0 Å². The summed E-state index contributed by atoms with van der Waals surface area (Å²) in [7, 11) is 2.05. The minimum absolute atomic E-state index is 0. The van der Waals surface area contributed by atoms with Gasteiger partial charge in [-0.2, -0.15) is 0 Å². The van der Waals surface area contributed by atoms with Gasteiger partial charge in [0.15, 0.2) is 5.78 Å². The van der Waals surface area contributed by atoms with E-state index in [-0.39, 0.29) is 13.2 Å². The van der Waals surface area contributed by atoms with Gasteiger partial charge in [0.1, 0.15) is 5.71 Å². The van der Waals surface area contributed by atoms with Crippen LogP contribution in [0.3, 0.4) is 0 Å². The standard InChI is InChI=1S/C10H8NO2P.CH4/c12-10-6-5-9(11-13-14)7-3-1-2-4-8(7)10;/h1-6H,14H2;1H4/b11-9+;. The maximum absolute atomic E-state index is 11.4. The molecule has 1 aliphatic rings. The van der Waals surface area contributed by atoms with Gasteiger partial charge in [-0.1, -0.05) is 36.8 Å². The van der Waals surface area contributed by atoms with Crippen LogP contribution in [0, 0.1) is 0 Å². The molecule has 0 aromatic heterocycles. The number of hydrogen-bond donors (Lipinski definition) is 0. The molecule has 4 heteroatoms. The van der Waals surface area contributed by atoms with E-state index in [0.29, 0.717) is 11.3 Å². The second-order valence-corrected chi connectivity index (χ2v) is 3.04. The average Bonchev–Trinajstić information content (AvgIpc) is 2.23. The van der Waals surface area contributed by atoms with E-state index in [9.17, 15) is 4.79 Å². The van der Waals surface area contributed by atoms with Crippen molar-refractivity contribution in [3.8, 4) is 0 Å². The van der Waals surface area contributed by atoms with Gasteiger partial charge in [0.25, 0.3) is 0 Å². The van der Waals surface area contributed by atoms with E-state index in [0.717, 1.165) is 5.56 Å². The first-order valence-corrected chi connectivity index (χ1v) is 4.56. The molecule has 0 bridgehead atoms. The van der Waals surface area contributed by atoms with Gasteiger partial charge in [0.2, 0.25) is 0 Å². The maximum atomic E-state index is 11.4. The molecular formula is C11H12NO2P. The van der Waals surface area contributed by atoms with Crippen LogP contribution in [-0.4, -0.2) is 11.5 Å². The fraction of sp³-hybridized carbons (Fsp3) is 0.0909. The highest BCUT2D eigenvalue weighted by atomic mass is 31.0. The van der Waals surface area contributed by atoms with E-state index in [1.165, 1.54) is 6.08 Å². The summed E-state index contributed by atoms with van der Waals surface area (Å²) >= 11 is 0. The van der Waals surface area contributed by atoms with Crippen LogP contribution >= 0.6 is 9.47 Å². The molecule has 2 rings (SSSR count). The van der Waals surface area contributed by atoms with Crippen LogP contribution in [0.25, 0.3) is 0 Å². The highest BCUT2D eigenvalue weighted by Gasteiger charge is 2.16. The number of hydrogen-bond acceptors (Lipinski definition) is 3. The lowest BCUT2D eigenvalue weighted by atomic mass is 9.95.